The fourth-order valence-corrected chi connectivity index (χ4v) is 5.39. The van der Waals surface area contributed by atoms with Crippen molar-refractivity contribution in [1.82, 2.24) is 0 Å². The molecule has 0 radical (unpaired) electrons. The molecule has 0 saturated heterocycles. The smallest absolute Gasteiger partial charge is 0.0478 e. The maximum Gasteiger partial charge on any atom is 0.0478 e. The molecule has 0 atom stereocenters. The molecule has 0 N–H and O–H groups in total. The van der Waals surface area contributed by atoms with Crippen LogP contribution in [0.4, 0.5) is 17.1 Å². The predicted molar refractivity (Wildman–Crippen MR) is 167 cm³/mol. The third-order valence-corrected chi connectivity index (χ3v) is 7.98. The zero-order chi connectivity index (χ0) is 27.1. The summed E-state index contributed by atoms with van der Waals surface area (Å²) in [6.45, 7) is 12.8. The minimum absolute atomic E-state index is 0.555. The van der Waals surface area contributed by atoms with E-state index >= 15 is 0 Å². The van der Waals surface area contributed by atoms with Gasteiger partial charge in [0.25, 0.3) is 0 Å². The lowest BCUT2D eigenvalue weighted by Crippen LogP contribution is -2.28. The van der Waals surface area contributed by atoms with Crippen LogP contribution in [0.5, 0.6) is 0 Å². The number of benzene rings is 3. The van der Waals surface area contributed by atoms with Crippen LogP contribution in [0.3, 0.4) is 0 Å². The Bertz CT molecular complexity index is 1200. The Morgan fingerprint density at radius 2 is 1.37 bits per heavy atom. The minimum atomic E-state index is 0.555. The third-order valence-electron chi connectivity index (χ3n) is 7.98. The van der Waals surface area contributed by atoms with Crippen molar-refractivity contribution >= 4 is 17.1 Å². The predicted octanol–water partition coefficient (Wildman–Crippen LogP) is 8.92. The molecule has 3 nitrogen and oxygen atoms in total. The summed E-state index contributed by atoms with van der Waals surface area (Å²) in [6, 6.07) is 26.8. The minimum Gasteiger partial charge on any atom is -0.378 e. The molecule has 1 fully saturated rings. The summed E-state index contributed by atoms with van der Waals surface area (Å²) in [6.07, 6.45) is 7.45. The molecule has 4 rings (SSSR count). The molecule has 0 amide bonds. The number of hydrogen-bond donors (Lipinski definition) is 0. The van der Waals surface area contributed by atoms with E-state index in [1.54, 1.807) is 0 Å². The van der Waals surface area contributed by atoms with Crippen molar-refractivity contribution < 1.29 is 0 Å². The Hall–Kier alpha value is -3.46. The van der Waals surface area contributed by atoms with Crippen LogP contribution >= 0.6 is 0 Å². The van der Waals surface area contributed by atoms with Crippen molar-refractivity contribution in [3.05, 3.63) is 103 Å². The first kappa shape index (κ1) is 27.6. The van der Waals surface area contributed by atoms with Crippen molar-refractivity contribution in [2.45, 2.75) is 52.0 Å². The van der Waals surface area contributed by atoms with Gasteiger partial charge < -0.3 is 14.7 Å². The van der Waals surface area contributed by atoms with Gasteiger partial charge in [-0.05, 0) is 72.2 Å². The van der Waals surface area contributed by atoms with E-state index in [0.29, 0.717) is 5.92 Å². The average molecular weight is 508 g/mol. The normalized spacial score (nSPS) is 13.7. The second kappa shape index (κ2) is 12.9. The van der Waals surface area contributed by atoms with Gasteiger partial charge in [-0.3, -0.25) is 0 Å². The lowest BCUT2D eigenvalue weighted by Gasteiger charge is -2.34. The number of allylic oxidation sites excluding steroid dienone is 1. The number of anilines is 3. The number of nitrogens with zero attached hydrogens (tertiary/aromatic N) is 3. The summed E-state index contributed by atoms with van der Waals surface area (Å²) in [5.74, 6) is 0.555. The third kappa shape index (κ3) is 6.89. The lowest BCUT2D eigenvalue weighted by molar-refractivity contribution is 0.396. The summed E-state index contributed by atoms with van der Waals surface area (Å²) in [7, 11) is 6.31. The number of rotatable bonds is 11. The van der Waals surface area contributed by atoms with E-state index in [-0.39, 0.29) is 0 Å². The summed E-state index contributed by atoms with van der Waals surface area (Å²) < 4.78 is 0. The Morgan fingerprint density at radius 1 is 0.763 bits per heavy atom. The van der Waals surface area contributed by atoms with E-state index in [4.69, 9.17) is 0 Å². The Balaban J connectivity index is 1.58. The van der Waals surface area contributed by atoms with Gasteiger partial charge in [0.15, 0.2) is 0 Å². The summed E-state index contributed by atoms with van der Waals surface area (Å²) in [5, 5.41) is 0. The van der Waals surface area contributed by atoms with Crippen LogP contribution in [-0.2, 0) is 6.54 Å². The Labute approximate surface area is 231 Å². The van der Waals surface area contributed by atoms with E-state index < -0.39 is 0 Å². The first-order valence-electron chi connectivity index (χ1n) is 14.2. The maximum atomic E-state index is 4.67. The molecular weight excluding hydrogens is 462 g/mol. The first-order valence-corrected chi connectivity index (χ1v) is 14.2. The van der Waals surface area contributed by atoms with Crippen molar-refractivity contribution in [2.24, 2.45) is 5.92 Å². The van der Waals surface area contributed by atoms with E-state index in [2.05, 4.69) is 129 Å². The fraction of sp³-hybridized carbons (Fsp3) is 0.371. The van der Waals surface area contributed by atoms with Crippen LogP contribution in [0.1, 0.15) is 51.0 Å². The van der Waals surface area contributed by atoms with Gasteiger partial charge in [0, 0.05) is 57.0 Å². The molecule has 0 bridgehead atoms. The van der Waals surface area contributed by atoms with Crippen LogP contribution in [0, 0.1) is 5.92 Å². The highest BCUT2D eigenvalue weighted by molar-refractivity contribution is 5.67. The molecule has 38 heavy (non-hydrogen) atoms. The van der Waals surface area contributed by atoms with Crippen molar-refractivity contribution in [2.75, 3.05) is 42.4 Å². The molecule has 1 aliphatic carbocycles. The molecule has 1 aliphatic rings. The largest absolute Gasteiger partial charge is 0.378 e. The van der Waals surface area contributed by atoms with Crippen LogP contribution < -0.4 is 14.7 Å². The number of hydrogen-bond acceptors (Lipinski definition) is 3. The maximum absolute atomic E-state index is 4.67. The van der Waals surface area contributed by atoms with Gasteiger partial charge in [0.1, 0.15) is 0 Å². The second-order valence-electron chi connectivity index (χ2n) is 11.0. The summed E-state index contributed by atoms with van der Waals surface area (Å²) in [5.41, 5.74) is 9.95. The number of likely N-dealkylation sites (N-methyl/N-ethyl adjacent to an activating group) is 1. The molecule has 200 valence electrons. The molecule has 0 aliphatic heterocycles. The van der Waals surface area contributed by atoms with E-state index in [9.17, 15) is 0 Å². The lowest BCUT2D eigenvalue weighted by atomic mass is 9.86. The van der Waals surface area contributed by atoms with Gasteiger partial charge >= 0.3 is 0 Å². The molecule has 0 aromatic heterocycles. The van der Waals surface area contributed by atoms with Crippen molar-refractivity contribution in [3.63, 3.8) is 0 Å². The molecule has 0 spiro atoms. The Morgan fingerprint density at radius 3 is 1.97 bits per heavy atom. The van der Waals surface area contributed by atoms with Crippen LogP contribution in [0.25, 0.3) is 11.1 Å². The monoisotopic (exact) mass is 507 g/mol. The van der Waals surface area contributed by atoms with E-state index in [0.717, 1.165) is 19.5 Å². The highest BCUT2D eigenvalue weighted by atomic mass is 15.2. The molecule has 0 heterocycles. The van der Waals surface area contributed by atoms with Crippen molar-refractivity contribution in [1.29, 1.82) is 0 Å². The SMILES string of the molecule is C=C(CC)CN(C)c1cccc(N(Cc2ccc(-c3ccc(N(C)C)cc3)cc2)C(=C)C2CCCCC2)c1. The van der Waals surface area contributed by atoms with Gasteiger partial charge in [0.05, 0.1) is 0 Å². The van der Waals surface area contributed by atoms with Crippen LogP contribution in [0.15, 0.2) is 97.2 Å². The van der Waals surface area contributed by atoms with E-state index in [1.807, 2.05) is 0 Å². The van der Waals surface area contributed by atoms with Crippen LogP contribution in [0.2, 0.25) is 0 Å². The second-order valence-corrected chi connectivity index (χ2v) is 11.0. The van der Waals surface area contributed by atoms with E-state index in [1.165, 1.54) is 77.1 Å². The molecular formula is C35H45N3. The van der Waals surface area contributed by atoms with Gasteiger partial charge in [-0.2, -0.15) is 0 Å². The van der Waals surface area contributed by atoms with Crippen LogP contribution in [-0.4, -0.2) is 27.7 Å². The summed E-state index contributed by atoms with van der Waals surface area (Å²) >= 11 is 0. The molecule has 3 aromatic carbocycles. The van der Waals surface area contributed by atoms with Gasteiger partial charge in [0.2, 0.25) is 0 Å². The Kier molecular flexibility index (Phi) is 9.33. The topological polar surface area (TPSA) is 9.72 Å². The van der Waals surface area contributed by atoms with Crippen molar-refractivity contribution in [3.8, 4) is 11.1 Å². The standard InChI is InChI=1S/C35H45N3/c1-7-27(2)25-37(6)34-14-11-15-35(24-34)38(28(3)30-12-9-8-10-13-30)26-29-16-18-31(19-17-29)32-20-22-33(23-21-32)36(4)5/h11,14-24,30H,2-3,7-10,12-13,25-26H2,1,4-6H3. The molecule has 3 heteroatoms. The highest BCUT2D eigenvalue weighted by Gasteiger charge is 2.23. The quantitative estimate of drug-likeness (QED) is 0.240. The summed E-state index contributed by atoms with van der Waals surface area (Å²) in [4.78, 5) is 6.89. The molecule has 3 aromatic rings. The zero-order valence-corrected chi connectivity index (χ0v) is 23.9. The van der Waals surface area contributed by atoms with Gasteiger partial charge in [-0.1, -0.05) is 87.4 Å². The highest BCUT2D eigenvalue weighted by Crippen LogP contribution is 2.35. The zero-order valence-electron chi connectivity index (χ0n) is 23.9. The van der Waals surface area contributed by atoms with Gasteiger partial charge in [-0.15, -0.1) is 0 Å². The fourth-order valence-electron chi connectivity index (χ4n) is 5.39. The first-order chi connectivity index (χ1) is 18.4. The van der Waals surface area contributed by atoms with Gasteiger partial charge in [-0.25, -0.2) is 0 Å². The molecule has 1 saturated carbocycles. The molecule has 0 unspecified atom stereocenters. The average Bonchev–Trinajstić information content (AvgIpc) is 2.96.